The number of hydrogen-bond acceptors (Lipinski definition) is 5. The van der Waals surface area contributed by atoms with Crippen LogP contribution in [0, 0.1) is 0 Å². The number of likely N-dealkylation sites (tertiary alicyclic amines) is 1. The summed E-state index contributed by atoms with van der Waals surface area (Å²) in [6, 6.07) is 17.3. The number of carbonyl (C=O) groups excluding carboxylic acids is 1. The van der Waals surface area contributed by atoms with Gasteiger partial charge in [0.05, 0.1) is 25.0 Å². The number of benzene rings is 2. The lowest BCUT2D eigenvalue weighted by Crippen LogP contribution is -2.36. The fourth-order valence-electron chi connectivity index (χ4n) is 4.29. The van der Waals surface area contributed by atoms with Gasteiger partial charge in [0, 0.05) is 6.54 Å². The first-order chi connectivity index (χ1) is 15.7. The van der Waals surface area contributed by atoms with Gasteiger partial charge in [0.2, 0.25) is 5.91 Å². The van der Waals surface area contributed by atoms with Gasteiger partial charge < -0.3 is 9.64 Å². The van der Waals surface area contributed by atoms with Crippen molar-refractivity contribution in [1.29, 1.82) is 0 Å². The average Bonchev–Trinajstić information content (AvgIpc) is 3.49. The third-order valence-corrected chi connectivity index (χ3v) is 5.93. The van der Waals surface area contributed by atoms with E-state index in [9.17, 15) is 9.59 Å². The van der Waals surface area contributed by atoms with Gasteiger partial charge in [-0.15, -0.1) is 0 Å². The van der Waals surface area contributed by atoms with Crippen LogP contribution in [0.15, 0.2) is 71.9 Å². The maximum atomic E-state index is 13.1. The summed E-state index contributed by atoms with van der Waals surface area (Å²) in [6.45, 7) is 0.622. The predicted octanol–water partition coefficient (Wildman–Crippen LogP) is 2.95. The predicted molar refractivity (Wildman–Crippen MR) is 120 cm³/mol. The molecule has 0 spiro atoms. The van der Waals surface area contributed by atoms with Gasteiger partial charge >= 0.3 is 0 Å². The number of nitrogens with zero attached hydrogens (tertiary/aromatic N) is 5. The van der Waals surface area contributed by atoms with Crippen LogP contribution in [-0.2, 0) is 11.3 Å². The van der Waals surface area contributed by atoms with Crippen LogP contribution >= 0.6 is 0 Å². The number of rotatable bonds is 5. The molecule has 0 bridgehead atoms. The zero-order chi connectivity index (χ0) is 22.1. The van der Waals surface area contributed by atoms with Gasteiger partial charge in [0.15, 0.2) is 5.65 Å². The minimum atomic E-state index is -0.272. The molecule has 162 valence electrons. The van der Waals surface area contributed by atoms with Crippen LogP contribution in [-0.4, -0.2) is 43.8 Å². The van der Waals surface area contributed by atoms with E-state index in [4.69, 9.17) is 4.74 Å². The molecule has 32 heavy (non-hydrogen) atoms. The first-order valence-corrected chi connectivity index (χ1v) is 10.6. The van der Waals surface area contributed by atoms with Gasteiger partial charge in [-0.25, -0.2) is 9.67 Å². The first kappa shape index (κ1) is 20.0. The molecule has 1 saturated heterocycles. The van der Waals surface area contributed by atoms with Crippen LogP contribution in [0.5, 0.6) is 5.75 Å². The normalized spacial score (nSPS) is 15.9. The number of carbonyl (C=O) groups is 1. The van der Waals surface area contributed by atoms with Gasteiger partial charge in [0.1, 0.15) is 24.0 Å². The molecule has 0 aliphatic carbocycles. The van der Waals surface area contributed by atoms with Gasteiger partial charge in [-0.05, 0) is 42.7 Å². The van der Waals surface area contributed by atoms with Crippen LogP contribution < -0.4 is 10.3 Å². The third-order valence-electron chi connectivity index (χ3n) is 5.93. The number of hydrogen-bond donors (Lipinski definition) is 0. The largest absolute Gasteiger partial charge is 0.497 e. The molecule has 3 heterocycles. The van der Waals surface area contributed by atoms with Crippen molar-refractivity contribution in [2.45, 2.75) is 25.4 Å². The Morgan fingerprint density at radius 3 is 2.66 bits per heavy atom. The standard InChI is InChI=1S/C24H23N5O3/c1-32-19-11-9-17(10-12-19)21-8-5-13-28(21)22(30)15-27-16-25-23-20(24(27)31)14-26-29(23)18-6-3-2-4-7-18/h2-4,6-7,9-12,14,16,21H,5,8,13,15H2,1H3. The Hall–Kier alpha value is -3.94. The molecule has 0 N–H and O–H groups in total. The quantitative estimate of drug-likeness (QED) is 0.487. The molecule has 2 aromatic carbocycles. The molecule has 2 aromatic heterocycles. The molecule has 4 aromatic rings. The smallest absolute Gasteiger partial charge is 0.264 e. The zero-order valence-electron chi connectivity index (χ0n) is 17.7. The van der Waals surface area contributed by atoms with Crippen molar-refractivity contribution in [1.82, 2.24) is 24.2 Å². The summed E-state index contributed by atoms with van der Waals surface area (Å²) in [6.07, 6.45) is 4.77. The Morgan fingerprint density at radius 2 is 1.91 bits per heavy atom. The van der Waals surface area contributed by atoms with E-state index in [1.165, 1.54) is 17.1 Å². The van der Waals surface area contributed by atoms with Gasteiger partial charge in [0.25, 0.3) is 5.56 Å². The molecule has 0 saturated carbocycles. The van der Waals surface area contributed by atoms with E-state index in [0.717, 1.165) is 29.8 Å². The van der Waals surface area contributed by atoms with Crippen LogP contribution in [0.4, 0.5) is 0 Å². The van der Waals surface area contributed by atoms with Crippen LogP contribution in [0.3, 0.4) is 0 Å². The van der Waals surface area contributed by atoms with E-state index in [0.29, 0.717) is 17.6 Å². The molecule has 1 atom stereocenters. The summed E-state index contributed by atoms with van der Waals surface area (Å²) in [5.41, 5.74) is 2.09. The maximum absolute atomic E-state index is 13.1. The van der Waals surface area contributed by atoms with E-state index in [-0.39, 0.29) is 24.1 Å². The lowest BCUT2D eigenvalue weighted by molar-refractivity contribution is -0.132. The molecule has 1 unspecified atom stereocenters. The van der Waals surface area contributed by atoms with Gasteiger partial charge in [-0.3, -0.25) is 14.2 Å². The monoisotopic (exact) mass is 429 g/mol. The summed E-state index contributed by atoms with van der Waals surface area (Å²) in [7, 11) is 1.63. The molecular formula is C24H23N5O3. The molecule has 1 aliphatic rings. The topological polar surface area (TPSA) is 82.2 Å². The molecule has 8 heteroatoms. The van der Waals surface area contributed by atoms with Crippen LogP contribution in [0.25, 0.3) is 16.7 Å². The molecule has 8 nitrogen and oxygen atoms in total. The van der Waals surface area contributed by atoms with Crippen LogP contribution in [0.1, 0.15) is 24.4 Å². The number of methoxy groups -OCH3 is 1. The summed E-state index contributed by atoms with van der Waals surface area (Å²) >= 11 is 0. The van der Waals surface area contributed by atoms with E-state index < -0.39 is 0 Å². The van der Waals surface area contributed by atoms with E-state index in [1.807, 2.05) is 59.5 Å². The van der Waals surface area contributed by atoms with Crippen molar-refractivity contribution in [2.24, 2.45) is 0 Å². The number of aromatic nitrogens is 4. The Labute approximate surface area is 184 Å². The minimum Gasteiger partial charge on any atom is -0.497 e. The van der Waals surface area contributed by atoms with Crippen molar-refractivity contribution in [2.75, 3.05) is 13.7 Å². The summed E-state index contributed by atoms with van der Waals surface area (Å²) < 4.78 is 8.23. The Bertz CT molecular complexity index is 1310. The highest BCUT2D eigenvalue weighted by molar-refractivity contribution is 5.78. The summed E-state index contributed by atoms with van der Waals surface area (Å²) in [5, 5.41) is 4.71. The molecular weight excluding hydrogens is 406 g/mol. The van der Waals surface area contributed by atoms with Gasteiger partial charge in [-0.2, -0.15) is 5.10 Å². The molecule has 1 amide bonds. The second kappa shape index (κ2) is 8.30. The molecule has 1 fully saturated rings. The number of para-hydroxylation sites is 1. The number of amides is 1. The lowest BCUT2D eigenvalue weighted by atomic mass is 10.0. The Balaban J connectivity index is 1.39. The van der Waals surface area contributed by atoms with Crippen molar-refractivity contribution in [3.05, 3.63) is 83.0 Å². The fourth-order valence-corrected chi connectivity index (χ4v) is 4.29. The third kappa shape index (κ3) is 3.53. The lowest BCUT2D eigenvalue weighted by Gasteiger charge is -2.25. The van der Waals surface area contributed by atoms with Crippen molar-refractivity contribution in [3.8, 4) is 11.4 Å². The summed E-state index contributed by atoms with van der Waals surface area (Å²) in [5.74, 6) is 0.689. The SMILES string of the molecule is COc1ccc(C2CCCN2C(=O)Cn2cnc3c(cnn3-c3ccccc3)c2=O)cc1. The van der Waals surface area contributed by atoms with E-state index in [2.05, 4.69) is 10.1 Å². The van der Waals surface area contributed by atoms with Gasteiger partial charge in [-0.1, -0.05) is 30.3 Å². The Kier molecular flexibility index (Phi) is 5.18. The van der Waals surface area contributed by atoms with Crippen molar-refractivity contribution in [3.63, 3.8) is 0 Å². The first-order valence-electron chi connectivity index (χ1n) is 10.6. The summed E-state index contributed by atoms with van der Waals surface area (Å²) in [4.78, 5) is 32.4. The maximum Gasteiger partial charge on any atom is 0.264 e. The zero-order valence-corrected chi connectivity index (χ0v) is 17.7. The highest BCUT2D eigenvalue weighted by atomic mass is 16.5. The highest BCUT2D eigenvalue weighted by Gasteiger charge is 2.30. The Morgan fingerprint density at radius 1 is 1.12 bits per heavy atom. The fraction of sp³-hybridized carbons (Fsp3) is 0.250. The highest BCUT2D eigenvalue weighted by Crippen LogP contribution is 2.33. The second-order valence-corrected chi connectivity index (χ2v) is 7.83. The minimum absolute atomic E-state index is 0.00151. The molecule has 5 rings (SSSR count). The second-order valence-electron chi connectivity index (χ2n) is 7.83. The van der Waals surface area contributed by atoms with Crippen molar-refractivity contribution >= 4 is 16.9 Å². The molecule has 0 radical (unpaired) electrons. The van der Waals surface area contributed by atoms with E-state index >= 15 is 0 Å². The van der Waals surface area contributed by atoms with Crippen LogP contribution in [0.2, 0.25) is 0 Å². The average molecular weight is 429 g/mol. The number of ether oxygens (including phenoxy) is 1. The van der Waals surface area contributed by atoms with E-state index in [1.54, 1.807) is 11.8 Å². The van der Waals surface area contributed by atoms with Crippen molar-refractivity contribution < 1.29 is 9.53 Å². The number of fused-ring (bicyclic) bond motifs is 1. The molecule has 1 aliphatic heterocycles.